The Morgan fingerprint density at radius 3 is 2.71 bits per heavy atom. The van der Waals surface area contributed by atoms with Crippen LogP contribution in [-0.4, -0.2) is 53.7 Å². The summed E-state index contributed by atoms with van der Waals surface area (Å²) in [6.07, 6.45) is 0.539. The molecular formula is C24H23ClFN5O3. The zero-order chi connectivity index (χ0) is 23.5. The third kappa shape index (κ3) is 5.05. The summed E-state index contributed by atoms with van der Waals surface area (Å²) < 4.78 is 25.2. The first-order valence-electron chi connectivity index (χ1n) is 11.0. The molecule has 34 heavy (non-hydrogen) atoms. The van der Waals surface area contributed by atoms with Crippen LogP contribution in [0.15, 0.2) is 48.5 Å². The second kappa shape index (κ2) is 9.82. The summed E-state index contributed by atoms with van der Waals surface area (Å²) in [6, 6.07) is 12.6. The van der Waals surface area contributed by atoms with Gasteiger partial charge in [-0.1, -0.05) is 23.7 Å². The first-order chi connectivity index (χ1) is 16.5. The highest BCUT2D eigenvalue weighted by Gasteiger charge is 2.28. The van der Waals surface area contributed by atoms with Gasteiger partial charge in [0, 0.05) is 42.8 Å². The Morgan fingerprint density at radius 2 is 1.91 bits per heavy atom. The van der Waals surface area contributed by atoms with Crippen molar-refractivity contribution >= 4 is 29.3 Å². The SMILES string of the molecule is O=C(Nc1cccc(Cl)c1)N1CCc2nc(N3CCOCC3)nc(Oc3cccc(F)c3)c2C1. The molecule has 1 fully saturated rings. The summed E-state index contributed by atoms with van der Waals surface area (Å²) in [5.41, 5.74) is 2.13. The first kappa shape index (κ1) is 22.4. The monoisotopic (exact) mass is 483 g/mol. The maximum Gasteiger partial charge on any atom is 0.322 e. The van der Waals surface area contributed by atoms with Gasteiger partial charge in [-0.25, -0.2) is 14.2 Å². The number of aromatic nitrogens is 2. The zero-order valence-electron chi connectivity index (χ0n) is 18.3. The number of nitrogens with one attached hydrogen (secondary N) is 1. The first-order valence-corrected chi connectivity index (χ1v) is 11.4. The number of nitrogens with zero attached hydrogens (tertiary/aromatic N) is 4. The molecule has 2 aliphatic heterocycles. The van der Waals surface area contributed by atoms with Gasteiger partial charge in [0.15, 0.2) is 0 Å². The molecule has 0 atom stereocenters. The number of halogens is 2. The van der Waals surface area contributed by atoms with E-state index in [1.807, 2.05) is 4.90 Å². The number of rotatable bonds is 4. The van der Waals surface area contributed by atoms with Gasteiger partial charge in [-0.2, -0.15) is 4.98 Å². The van der Waals surface area contributed by atoms with Crippen LogP contribution in [0, 0.1) is 5.82 Å². The highest BCUT2D eigenvalue weighted by Crippen LogP contribution is 2.32. The van der Waals surface area contributed by atoms with Crippen molar-refractivity contribution in [3.63, 3.8) is 0 Å². The van der Waals surface area contributed by atoms with Crippen molar-refractivity contribution in [1.82, 2.24) is 14.9 Å². The molecule has 2 amide bonds. The van der Waals surface area contributed by atoms with Crippen molar-refractivity contribution in [2.24, 2.45) is 0 Å². The summed E-state index contributed by atoms with van der Waals surface area (Å²) in [6.45, 7) is 3.28. The molecule has 0 saturated carbocycles. The average molecular weight is 484 g/mol. The molecule has 8 nitrogen and oxygen atoms in total. The van der Waals surface area contributed by atoms with Gasteiger partial charge in [-0.3, -0.25) is 0 Å². The number of amides is 2. The summed E-state index contributed by atoms with van der Waals surface area (Å²) in [7, 11) is 0. The molecule has 3 aromatic rings. The van der Waals surface area contributed by atoms with Crippen molar-refractivity contribution in [3.05, 3.63) is 70.6 Å². The number of anilines is 2. The molecule has 2 aromatic carbocycles. The fraction of sp³-hybridized carbons (Fsp3) is 0.292. The Labute approximate surface area is 201 Å². The van der Waals surface area contributed by atoms with Crippen molar-refractivity contribution in [2.45, 2.75) is 13.0 Å². The zero-order valence-corrected chi connectivity index (χ0v) is 19.1. The number of hydrogen-bond acceptors (Lipinski definition) is 6. The Kier molecular flexibility index (Phi) is 6.46. The van der Waals surface area contributed by atoms with Gasteiger partial charge in [-0.15, -0.1) is 0 Å². The number of urea groups is 1. The van der Waals surface area contributed by atoms with E-state index in [2.05, 4.69) is 10.3 Å². The molecule has 5 rings (SSSR count). The molecule has 1 aromatic heterocycles. The summed E-state index contributed by atoms with van der Waals surface area (Å²) >= 11 is 6.03. The number of hydrogen-bond donors (Lipinski definition) is 1. The standard InChI is InChI=1S/C24H23ClFN5O3/c25-16-3-1-5-18(13-16)27-24(32)31-8-7-21-20(15-31)22(34-19-6-2-4-17(26)14-19)29-23(28-21)30-9-11-33-12-10-30/h1-6,13-14H,7-12,15H2,(H,27,32). The minimum atomic E-state index is -0.406. The largest absolute Gasteiger partial charge is 0.438 e. The van der Waals surface area contributed by atoms with E-state index in [1.54, 1.807) is 41.3 Å². The van der Waals surface area contributed by atoms with Gasteiger partial charge in [0.1, 0.15) is 11.6 Å². The second-order valence-electron chi connectivity index (χ2n) is 8.02. The van der Waals surface area contributed by atoms with Crippen molar-refractivity contribution < 1.29 is 18.7 Å². The van der Waals surface area contributed by atoms with E-state index < -0.39 is 5.82 Å². The van der Waals surface area contributed by atoms with Gasteiger partial charge in [0.25, 0.3) is 0 Å². The molecule has 1 N–H and O–H groups in total. The molecule has 0 unspecified atom stereocenters. The number of carbonyl (C=O) groups excluding carboxylic acids is 1. The number of benzene rings is 2. The van der Waals surface area contributed by atoms with E-state index in [-0.39, 0.29) is 12.6 Å². The molecule has 2 aliphatic rings. The van der Waals surface area contributed by atoms with Gasteiger partial charge in [0.2, 0.25) is 11.8 Å². The summed E-state index contributed by atoms with van der Waals surface area (Å²) in [4.78, 5) is 26.1. The minimum Gasteiger partial charge on any atom is -0.438 e. The fourth-order valence-electron chi connectivity index (χ4n) is 3.94. The Hall–Kier alpha value is -3.43. The van der Waals surface area contributed by atoms with Crippen LogP contribution in [0.3, 0.4) is 0 Å². The van der Waals surface area contributed by atoms with Crippen LogP contribution in [0.25, 0.3) is 0 Å². The van der Waals surface area contributed by atoms with E-state index in [9.17, 15) is 9.18 Å². The lowest BCUT2D eigenvalue weighted by molar-refractivity contribution is 0.122. The lowest BCUT2D eigenvalue weighted by atomic mass is 10.1. The topological polar surface area (TPSA) is 79.8 Å². The number of fused-ring (bicyclic) bond motifs is 1. The van der Waals surface area contributed by atoms with Crippen LogP contribution < -0.4 is 15.0 Å². The molecule has 1 saturated heterocycles. The van der Waals surface area contributed by atoms with Crippen LogP contribution >= 0.6 is 11.6 Å². The lowest BCUT2D eigenvalue weighted by Gasteiger charge is -2.32. The molecule has 0 aliphatic carbocycles. The van der Waals surface area contributed by atoms with E-state index in [1.165, 1.54) is 12.1 Å². The predicted octanol–water partition coefficient (Wildman–Crippen LogP) is 4.49. The number of morpholine rings is 1. The Bertz CT molecular complexity index is 1200. The maximum absolute atomic E-state index is 13.8. The van der Waals surface area contributed by atoms with E-state index in [4.69, 9.17) is 26.1 Å². The van der Waals surface area contributed by atoms with Crippen LogP contribution in [0.1, 0.15) is 11.3 Å². The van der Waals surface area contributed by atoms with E-state index >= 15 is 0 Å². The third-order valence-corrected chi connectivity index (χ3v) is 5.91. The van der Waals surface area contributed by atoms with E-state index in [0.29, 0.717) is 73.1 Å². The van der Waals surface area contributed by atoms with Gasteiger partial charge < -0.3 is 24.6 Å². The third-order valence-electron chi connectivity index (χ3n) is 5.68. The summed E-state index contributed by atoms with van der Waals surface area (Å²) in [5.74, 6) is 0.785. The predicted molar refractivity (Wildman–Crippen MR) is 126 cm³/mol. The van der Waals surface area contributed by atoms with Gasteiger partial charge >= 0.3 is 6.03 Å². The maximum atomic E-state index is 13.8. The van der Waals surface area contributed by atoms with Crippen LogP contribution in [0.2, 0.25) is 5.02 Å². The van der Waals surface area contributed by atoms with E-state index in [0.717, 1.165) is 5.69 Å². The smallest absolute Gasteiger partial charge is 0.322 e. The fourth-order valence-corrected chi connectivity index (χ4v) is 4.14. The molecule has 176 valence electrons. The van der Waals surface area contributed by atoms with Gasteiger partial charge in [0.05, 0.1) is 31.0 Å². The number of ether oxygens (including phenoxy) is 2. The molecule has 0 bridgehead atoms. The molecule has 0 spiro atoms. The number of carbonyl (C=O) groups is 1. The summed E-state index contributed by atoms with van der Waals surface area (Å²) in [5, 5.41) is 3.41. The Morgan fingerprint density at radius 1 is 1.09 bits per heavy atom. The normalized spacial score (nSPS) is 15.6. The molecule has 0 radical (unpaired) electrons. The molecule has 3 heterocycles. The van der Waals surface area contributed by atoms with Crippen molar-refractivity contribution in [3.8, 4) is 11.6 Å². The minimum absolute atomic E-state index is 0.260. The van der Waals surface area contributed by atoms with Gasteiger partial charge in [-0.05, 0) is 30.3 Å². The lowest BCUT2D eigenvalue weighted by Crippen LogP contribution is -2.41. The highest BCUT2D eigenvalue weighted by molar-refractivity contribution is 6.30. The van der Waals surface area contributed by atoms with Crippen LogP contribution in [0.4, 0.5) is 20.8 Å². The van der Waals surface area contributed by atoms with Crippen molar-refractivity contribution in [1.29, 1.82) is 0 Å². The van der Waals surface area contributed by atoms with Crippen molar-refractivity contribution in [2.75, 3.05) is 43.1 Å². The second-order valence-corrected chi connectivity index (χ2v) is 8.46. The Balaban J connectivity index is 1.43. The van der Waals surface area contributed by atoms with Crippen LogP contribution in [0.5, 0.6) is 11.6 Å². The quantitative estimate of drug-likeness (QED) is 0.589. The molecule has 10 heteroatoms. The average Bonchev–Trinajstić information content (AvgIpc) is 2.84. The molecular weight excluding hydrogens is 461 g/mol. The van der Waals surface area contributed by atoms with Crippen LogP contribution in [-0.2, 0) is 17.7 Å². The highest BCUT2D eigenvalue weighted by atomic mass is 35.5.